The highest BCUT2D eigenvalue weighted by atomic mass is 32.2. The summed E-state index contributed by atoms with van der Waals surface area (Å²) in [4.78, 5) is 0.259. The van der Waals surface area contributed by atoms with Crippen LogP contribution in [0.1, 0.15) is 30.9 Å². The lowest BCUT2D eigenvalue weighted by molar-refractivity contribution is 0.599. The Balaban J connectivity index is 2.05. The number of anilines is 1. The lowest BCUT2D eigenvalue weighted by atomic mass is 10.0. The maximum Gasteiger partial charge on any atom is 0.285 e. The van der Waals surface area contributed by atoms with Crippen LogP contribution in [0.25, 0.3) is 0 Å². The summed E-state index contributed by atoms with van der Waals surface area (Å²) in [7, 11) is -3.58. The molecule has 1 heterocycles. The molecule has 0 spiro atoms. The van der Waals surface area contributed by atoms with E-state index in [1.165, 1.54) is 0 Å². The highest BCUT2D eigenvalue weighted by Crippen LogP contribution is 2.29. The summed E-state index contributed by atoms with van der Waals surface area (Å²) in [5.41, 5.74) is 2.64. The Kier molecular flexibility index (Phi) is 3.29. The highest BCUT2D eigenvalue weighted by molar-refractivity contribution is 7.90. The molecule has 2 aromatic rings. The number of benzene rings is 2. The Morgan fingerprint density at radius 2 is 1.67 bits per heavy atom. The second kappa shape index (κ2) is 5.00. The lowest BCUT2D eigenvalue weighted by Crippen LogP contribution is -2.13. The number of rotatable bonds is 2. The summed E-state index contributed by atoms with van der Waals surface area (Å²) in [5.74, 6) is 0.723. The molecule has 1 N–H and O–H groups in total. The number of nitrogens with one attached hydrogen (secondary N) is 1. The third kappa shape index (κ3) is 2.45. The first-order valence-corrected chi connectivity index (χ1v) is 8.23. The first kappa shape index (κ1) is 13.8. The minimum atomic E-state index is -3.58. The maximum atomic E-state index is 12.0. The van der Waals surface area contributed by atoms with Gasteiger partial charge in [0.05, 0.1) is 0 Å². The van der Waals surface area contributed by atoms with E-state index in [-0.39, 0.29) is 4.90 Å². The van der Waals surface area contributed by atoms with Crippen LogP contribution >= 0.6 is 0 Å². The van der Waals surface area contributed by atoms with E-state index in [9.17, 15) is 8.42 Å². The first-order chi connectivity index (χ1) is 9.99. The number of sulfonamides is 1. The second-order valence-corrected chi connectivity index (χ2v) is 6.85. The molecule has 0 fully saturated rings. The van der Waals surface area contributed by atoms with Crippen molar-refractivity contribution in [2.24, 2.45) is 4.40 Å². The van der Waals surface area contributed by atoms with E-state index in [1.807, 2.05) is 30.3 Å². The highest BCUT2D eigenvalue weighted by Gasteiger charge is 2.28. The van der Waals surface area contributed by atoms with Gasteiger partial charge in [-0.05, 0) is 29.7 Å². The minimum absolute atomic E-state index is 0.259. The van der Waals surface area contributed by atoms with Crippen molar-refractivity contribution < 1.29 is 8.42 Å². The van der Waals surface area contributed by atoms with Crippen LogP contribution in [0, 0.1) is 0 Å². The van der Waals surface area contributed by atoms with Crippen molar-refractivity contribution >= 4 is 21.5 Å². The normalized spacial score (nSPS) is 15.7. The van der Waals surface area contributed by atoms with Gasteiger partial charge in [0.2, 0.25) is 0 Å². The molecule has 0 aliphatic carbocycles. The Bertz CT molecular complexity index is 824. The lowest BCUT2D eigenvalue weighted by Gasteiger charge is -2.14. The molecule has 0 radical (unpaired) electrons. The van der Waals surface area contributed by atoms with Gasteiger partial charge in [-0.1, -0.05) is 44.2 Å². The van der Waals surface area contributed by atoms with Crippen LogP contribution in [-0.4, -0.2) is 14.3 Å². The molecule has 0 saturated heterocycles. The SMILES string of the molecule is CC(C)c1ccccc1NC1=NS(=O)(=O)c2ccccc21. The molecule has 0 bridgehead atoms. The fourth-order valence-corrected chi connectivity index (χ4v) is 3.61. The Morgan fingerprint density at radius 3 is 2.43 bits per heavy atom. The third-order valence-corrected chi connectivity index (χ3v) is 4.80. The van der Waals surface area contributed by atoms with Crippen LogP contribution in [0.3, 0.4) is 0 Å². The molecule has 1 aliphatic heterocycles. The third-order valence-electron chi connectivity index (χ3n) is 3.47. The predicted octanol–water partition coefficient (Wildman–Crippen LogP) is 3.37. The first-order valence-electron chi connectivity index (χ1n) is 6.79. The van der Waals surface area contributed by atoms with E-state index >= 15 is 0 Å². The van der Waals surface area contributed by atoms with E-state index < -0.39 is 10.0 Å². The molecule has 1 aliphatic rings. The smallest absolute Gasteiger partial charge is 0.285 e. The molecule has 5 heteroatoms. The average molecular weight is 300 g/mol. The van der Waals surface area contributed by atoms with Gasteiger partial charge >= 0.3 is 0 Å². The predicted molar refractivity (Wildman–Crippen MR) is 84.3 cm³/mol. The van der Waals surface area contributed by atoms with Crippen molar-refractivity contribution in [3.63, 3.8) is 0 Å². The zero-order valence-electron chi connectivity index (χ0n) is 11.9. The topological polar surface area (TPSA) is 58.5 Å². The molecule has 0 aromatic heterocycles. The zero-order valence-corrected chi connectivity index (χ0v) is 12.7. The van der Waals surface area contributed by atoms with Crippen LogP contribution in [0.4, 0.5) is 5.69 Å². The second-order valence-electron chi connectivity index (χ2n) is 5.28. The molecule has 0 amide bonds. The summed E-state index contributed by atoms with van der Waals surface area (Å²) >= 11 is 0. The van der Waals surface area contributed by atoms with Crippen molar-refractivity contribution in [1.82, 2.24) is 0 Å². The number of nitrogens with zero attached hydrogens (tertiary/aromatic N) is 1. The van der Waals surface area contributed by atoms with Gasteiger partial charge < -0.3 is 5.32 Å². The maximum absolute atomic E-state index is 12.0. The number of fused-ring (bicyclic) bond motifs is 1. The molecule has 3 rings (SSSR count). The largest absolute Gasteiger partial charge is 0.339 e. The van der Waals surface area contributed by atoms with Crippen molar-refractivity contribution in [3.05, 3.63) is 59.7 Å². The van der Waals surface area contributed by atoms with Gasteiger partial charge in [-0.25, -0.2) is 0 Å². The Hall–Kier alpha value is -2.14. The molecule has 4 nitrogen and oxygen atoms in total. The van der Waals surface area contributed by atoms with Crippen LogP contribution in [0.5, 0.6) is 0 Å². The summed E-state index contributed by atoms with van der Waals surface area (Å²) in [6.45, 7) is 4.20. The van der Waals surface area contributed by atoms with Crippen LogP contribution in [0.2, 0.25) is 0 Å². The van der Waals surface area contributed by atoms with E-state index in [0.717, 1.165) is 11.3 Å². The zero-order chi connectivity index (χ0) is 15.0. The quantitative estimate of drug-likeness (QED) is 0.925. The van der Waals surface area contributed by atoms with E-state index in [4.69, 9.17) is 0 Å². The van der Waals surface area contributed by atoms with Crippen LogP contribution in [-0.2, 0) is 10.0 Å². The molecule has 108 valence electrons. The fourth-order valence-electron chi connectivity index (χ4n) is 2.44. The molecular weight excluding hydrogens is 284 g/mol. The van der Waals surface area contributed by atoms with Crippen molar-refractivity contribution in [1.29, 1.82) is 0 Å². The van der Waals surface area contributed by atoms with Crippen molar-refractivity contribution in [2.75, 3.05) is 5.32 Å². The van der Waals surface area contributed by atoms with Crippen molar-refractivity contribution in [3.8, 4) is 0 Å². The summed E-state index contributed by atoms with van der Waals surface area (Å²) in [6.07, 6.45) is 0. The molecule has 21 heavy (non-hydrogen) atoms. The molecular formula is C16H16N2O2S. The molecule has 2 aromatic carbocycles. The van der Waals surface area contributed by atoms with Crippen molar-refractivity contribution in [2.45, 2.75) is 24.7 Å². The number of para-hydroxylation sites is 1. The number of hydrogen-bond acceptors (Lipinski definition) is 3. The average Bonchev–Trinajstić information content (AvgIpc) is 2.71. The van der Waals surface area contributed by atoms with Gasteiger partial charge in [-0.2, -0.15) is 8.42 Å². The minimum Gasteiger partial charge on any atom is -0.339 e. The Labute approximate surface area is 124 Å². The fraction of sp³-hybridized carbons (Fsp3) is 0.188. The van der Waals surface area contributed by atoms with Gasteiger partial charge in [0.15, 0.2) is 5.84 Å². The van der Waals surface area contributed by atoms with Gasteiger partial charge in [0.25, 0.3) is 10.0 Å². The van der Waals surface area contributed by atoms with Gasteiger partial charge in [0.1, 0.15) is 4.90 Å². The molecule has 0 unspecified atom stereocenters. The van der Waals surface area contributed by atoms with Gasteiger partial charge in [-0.15, -0.1) is 4.40 Å². The van der Waals surface area contributed by atoms with Gasteiger partial charge in [0, 0.05) is 11.3 Å². The summed E-state index contributed by atoms with van der Waals surface area (Å²) in [6, 6.07) is 14.7. The van der Waals surface area contributed by atoms with E-state index in [2.05, 4.69) is 23.6 Å². The summed E-state index contributed by atoms with van der Waals surface area (Å²) in [5, 5.41) is 3.17. The number of amidine groups is 1. The van der Waals surface area contributed by atoms with Crippen LogP contribution < -0.4 is 5.32 Å². The number of hydrogen-bond donors (Lipinski definition) is 1. The summed E-state index contributed by atoms with van der Waals surface area (Å²) < 4.78 is 28.0. The van der Waals surface area contributed by atoms with Crippen LogP contribution in [0.15, 0.2) is 57.8 Å². The van der Waals surface area contributed by atoms with E-state index in [0.29, 0.717) is 17.3 Å². The Morgan fingerprint density at radius 1 is 1.00 bits per heavy atom. The van der Waals surface area contributed by atoms with Gasteiger partial charge in [-0.3, -0.25) is 0 Å². The van der Waals surface area contributed by atoms with E-state index in [1.54, 1.807) is 18.2 Å². The standard InChI is InChI=1S/C16H16N2O2S/c1-11(2)12-7-3-5-9-14(12)17-16-13-8-4-6-10-15(13)21(19,20)18-16/h3-11H,1-2H3,(H,17,18). The monoisotopic (exact) mass is 300 g/mol. The molecule has 0 atom stereocenters. The molecule has 0 saturated carbocycles.